The summed E-state index contributed by atoms with van der Waals surface area (Å²) < 4.78 is 0.949. The topological polar surface area (TPSA) is 17.1 Å². The highest BCUT2D eigenvalue weighted by Crippen LogP contribution is 2.20. The predicted octanol–water partition coefficient (Wildman–Crippen LogP) is 4.86. The van der Waals surface area contributed by atoms with Crippen LogP contribution in [0.4, 0.5) is 0 Å². The van der Waals surface area contributed by atoms with Gasteiger partial charge >= 0.3 is 0 Å². The van der Waals surface area contributed by atoms with Gasteiger partial charge in [-0.1, -0.05) is 82.7 Å². The molecule has 0 unspecified atom stereocenters. The Morgan fingerprint density at radius 3 is 1.95 bits per heavy atom. The highest BCUT2D eigenvalue weighted by atomic mass is 79.9. The van der Waals surface area contributed by atoms with E-state index in [9.17, 15) is 4.79 Å². The molecule has 0 spiro atoms. The van der Waals surface area contributed by atoms with Gasteiger partial charge in [0.25, 0.3) is 0 Å². The van der Waals surface area contributed by atoms with E-state index in [0.29, 0.717) is 5.56 Å². The van der Waals surface area contributed by atoms with Gasteiger partial charge in [-0.3, -0.25) is 4.79 Å². The zero-order valence-corrected chi connectivity index (χ0v) is 11.9. The van der Waals surface area contributed by atoms with Crippen molar-refractivity contribution in [1.29, 1.82) is 0 Å². The van der Waals surface area contributed by atoms with Crippen molar-refractivity contribution in [2.75, 3.05) is 0 Å². The number of carbonyl (C=O) groups is 1. The molecule has 0 bridgehead atoms. The van der Waals surface area contributed by atoms with Crippen molar-refractivity contribution in [1.82, 2.24) is 0 Å². The van der Waals surface area contributed by atoms with Crippen LogP contribution in [0.25, 0.3) is 4.48 Å². The number of rotatable bonds is 4. The molecular formula is C17H13BrO. The van der Waals surface area contributed by atoms with Gasteiger partial charge in [-0.05, 0) is 17.7 Å². The average molecular weight is 313 g/mol. The predicted molar refractivity (Wildman–Crippen MR) is 83.3 cm³/mol. The molecule has 0 saturated carbocycles. The summed E-state index contributed by atoms with van der Waals surface area (Å²) >= 11 is 3.49. The van der Waals surface area contributed by atoms with E-state index in [0.717, 1.165) is 10.0 Å². The van der Waals surface area contributed by atoms with Gasteiger partial charge in [0.05, 0.1) is 0 Å². The molecule has 0 aromatic heterocycles. The lowest BCUT2D eigenvalue weighted by atomic mass is 10.1. The van der Waals surface area contributed by atoms with Gasteiger partial charge in [-0.25, -0.2) is 0 Å². The van der Waals surface area contributed by atoms with E-state index < -0.39 is 0 Å². The van der Waals surface area contributed by atoms with Crippen LogP contribution in [0.2, 0.25) is 0 Å². The molecule has 2 rings (SSSR count). The first-order valence-corrected chi connectivity index (χ1v) is 6.75. The molecule has 0 aliphatic carbocycles. The van der Waals surface area contributed by atoms with Crippen molar-refractivity contribution in [3.63, 3.8) is 0 Å². The van der Waals surface area contributed by atoms with Gasteiger partial charge in [-0.2, -0.15) is 0 Å². The zero-order chi connectivity index (χ0) is 13.5. The minimum absolute atomic E-state index is 0.00483. The van der Waals surface area contributed by atoms with Crippen LogP contribution >= 0.6 is 15.9 Å². The smallest absolute Gasteiger partial charge is 0.185 e. The Morgan fingerprint density at radius 2 is 1.37 bits per heavy atom. The van der Waals surface area contributed by atoms with Crippen LogP contribution < -0.4 is 0 Å². The number of halogens is 1. The quantitative estimate of drug-likeness (QED) is 0.447. The van der Waals surface area contributed by atoms with Crippen LogP contribution in [0.15, 0.2) is 78.9 Å². The minimum Gasteiger partial charge on any atom is -0.289 e. The van der Waals surface area contributed by atoms with Crippen LogP contribution in [-0.4, -0.2) is 5.78 Å². The third-order valence-corrected chi connectivity index (χ3v) is 3.32. The summed E-state index contributed by atoms with van der Waals surface area (Å²) in [7, 11) is 0. The van der Waals surface area contributed by atoms with Crippen molar-refractivity contribution >= 4 is 26.2 Å². The maximum atomic E-state index is 11.8. The molecule has 2 aromatic rings. The summed E-state index contributed by atoms with van der Waals surface area (Å²) in [4.78, 5) is 11.8. The van der Waals surface area contributed by atoms with Crippen molar-refractivity contribution in [2.45, 2.75) is 0 Å². The second-order valence-corrected chi connectivity index (χ2v) is 4.82. The van der Waals surface area contributed by atoms with Gasteiger partial charge in [0.2, 0.25) is 0 Å². The second kappa shape index (κ2) is 6.86. The Labute approximate surface area is 121 Å². The molecule has 0 N–H and O–H groups in total. The Kier molecular flexibility index (Phi) is 4.87. The highest BCUT2D eigenvalue weighted by Gasteiger charge is 1.98. The SMILES string of the molecule is O=C(C=CC=C(Br)c1ccccc1)c1ccccc1. The minimum atomic E-state index is 0.00483. The number of hydrogen-bond acceptors (Lipinski definition) is 1. The fraction of sp³-hybridized carbons (Fsp3) is 0. The van der Waals surface area contributed by atoms with E-state index in [2.05, 4.69) is 15.9 Å². The Morgan fingerprint density at radius 1 is 0.842 bits per heavy atom. The lowest BCUT2D eigenvalue weighted by Gasteiger charge is -1.96. The maximum absolute atomic E-state index is 11.8. The largest absolute Gasteiger partial charge is 0.289 e. The van der Waals surface area contributed by atoms with Gasteiger partial charge in [0.1, 0.15) is 0 Å². The number of ketones is 1. The maximum Gasteiger partial charge on any atom is 0.185 e. The Balaban J connectivity index is 2.06. The molecule has 0 heterocycles. The molecule has 0 atom stereocenters. The molecule has 0 radical (unpaired) electrons. The first-order chi connectivity index (χ1) is 9.27. The molecule has 2 aromatic carbocycles. The third kappa shape index (κ3) is 4.04. The molecule has 0 saturated heterocycles. The van der Waals surface area contributed by atoms with Crippen molar-refractivity contribution < 1.29 is 4.79 Å². The molecule has 1 nitrogen and oxygen atoms in total. The monoisotopic (exact) mass is 312 g/mol. The summed E-state index contributed by atoms with van der Waals surface area (Å²) in [5.41, 5.74) is 1.78. The molecule has 0 fully saturated rings. The van der Waals surface area contributed by atoms with Gasteiger partial charge in [0, 0.05) is 10.0 Å². The first-order valence-electron chi connectivity index (χ1n) is 5.96. The van der Waals surface area contributed by atoms with Crippen LogP contribution in [0.3, 0.4) is 0 Å². The van der Waals surface area contributed by atoms with Gasteiger partial charge in [-0.15, -0.1) is 0 Å². The van der Waals surface area contributed by atoms with Crippen molar-refractivity contribution in [2.24, 2.45) is 0 Å². The van der Waals surface area contributed by atoms with Gasteiger partial charge < -0.3 is 0 Å². The van der Waals surface area contributed by atoms with Crippen LogP contribution in [-0.2, 0) is 0 Å². The molecule has 94 valence electrons. The van der Waals surface area contributed by atoms with E-state index in [1.807, 2.05) is 66.7 Å². The van der Waals surface area contributed by atoms with E-state index in [4.69, 9.17) is 0 Å². The number of benzene rings is 2. The lowest BCUT2D eigenvalue weighted by Crippen LogP contribution is -1.92. The van der Waals surface area contributed by atoms with E-state index in [1.54, 1.807) is 12.2 Å². The normalized spacial score (nSPS) is 11.7. The lowest BCUT2D eigenvalue weighted by molar-refractivity contribution is 0.104. The van der Waals surface area contributed by atoms with Gasteiger partial charge in [0.15, 0.2) is 5.78 Å². The Hall–Kier alpha value is -1.93. The van der Waals surface area contributed by atoms with E-state index >= 15 is 0 Å². The average Bonchev–Trinajstić information content (AvgIpc) is 2.49. The molecule has 0 amide bonds. The van der Waals surface area contributed by atoms with Crippen molar-refractivity contribution in [3.05, 3.63) is 90.0 Å². The molecular weight excluding hydrogens is 300 g/mol. The number of allylic oxidation sites excluding steroid dienone is 3. The summed E-state index contributed by atoms with van der Waals surface area (Å²) in [6, 6.07) is 19.2. The number of hydrogen-bond donors (Lipinski definition) is 0. The van der Waals surface area contributed by atoms with E-state index in [-0.39, 0.29) is 5.78 Å². The second-order valence-electron chi connectivity index (χ2n) is 3.97. The molecule has 19 heavy (non-hydrogen) atoms. The van der Waals surface area contributed by atoms with Crippen molar-refractivity contribution in [3.8, 4) is 0 Å². The van der Waals surface area contributed by atoms with Crippen LogP contribution in [0.1, 0.15) is 15.9 Å². The number of carbonyl (C=O) groups excluding carboxylic acids is 1. The first kappa shape index (κ1) is 13.5. The molecule has 0 aliphatic rings. The summed E-state index contributed by atoms with van der Waals surface area (Å²) in [6.07, 6.45) is 5.20. The summed E-state index contributed by atoms with van der Waals surface area (Å²) in [5, 5.41) is 0. The third-order valence-electron chi connectivity index (χ3n) is 2.60. The standard InChI is InChI=1S/C17H13BrO/c18-16(14-8-3-1-4-9-14)12-7-13-17(19)15-10-5-2-6-11-15/h1-13H. The molecule has 0 aliphatic heterocycles. The van der Waals surface area contributed by atoms with Crippen LogP contribution in [0.5, 0.6) is 0 Å². The summed E-state index contributed by atoms with van der Waals surface area (Å²) in [6.45, 7) is 0. The molecule has 2 heteroatoms. The fourth-order valence-corrected chi connectivity index (χ4v) is 2.03. The zero-order valence-electron chi connectivity index (χ0n) is 10.3. The Bertz CT molecular complexity index is 598. The van der Waals surface area contributed by atoms with Crippen LogP contribution in [0, 0.1) is 0 Å². The highest BCUT2D eigenvalue weighted by molar-refractivity contribution is 9.15. The van der Waals surface area contributed by atoms with E-state index in [1.165, 1.54) is 0 Å². The summed E-state index contributed by atoms with van der Waals surface area (Å²) in [5.74, 6) is 0.00483. The fourth-order valence-electron chi connectivity index (χ4n) is 1.61.